The number of likely N-dealkylation sites (N-methyl/N-ethyl adjacent to an activating group) is 2. The first-order valence-electron chi connectivity index (χ1n) is 11.8. The molecule has 2 aliphatic rings. The zero-order valence-corrected chi connectivity index (χ0v) is 21.3. The van der Waals surface area contributed by atoms with Gasteiger partial charge in [0.15, 0.2) is 0 Å². The number of hydrogen-bond donors (Lipinski definition) is 3. The van der Waals surface area contributed by atoms with Gasteiger partial charge in [0, 0.05) is 68.3 Å². The Kier molecular flexibility index (Phi) is 10.6. The Labute approximate surface area is 215 Å². The number of aromatic nitrogens is 1. The van der Waals surface area contributed by atoms with Crippen molar-refractivity contribution in [3.8, 4) is 0 Å². The molecule has 1 unspecified atom stereocenters. The SMILES string of the molecule is Cc1ccc2[nH]c3c(c2c1)CN(CCC1CN(C)CCN1C)CC3.O=C(O)C(F)(F)F.O=C(O)C(F)(F)F. The second kappa shape index (κ2) is 12.8. The number of rotatable bonds is 3. The van der Waals surface area contributed by atoms with E-state index in [9.17, 15) is 26.3 Å². The van der Waals surface area contributed by atoms with Crippen LogP contribution in [0, 0.1) is 6.92 Å². The maximum atomic E-state index is 10.6. The summed E-state index contributed by atoms with van der Waals surface area (Å²) < 4.78 is 63.5. The predicted octanol–water partition coefficient (Wildman–Crippen LogP) is 3.74. The van der Waals surface area contributed by atoms with Crippen molar-refractivity contribution in [3.63, 3.8) is 0 Å². The number of aryl methyl sites for hydroxylation is 1. The van der Waals surface area contributed by atoms with Crippen LogP contribution in [0.3, 0.4) is 0 Å². The minimum Gasteiger partial charge on any atom is -0.475 e. The molecule has 0 spiro atoms. The number of aliphatic carboxylic acids is 2. The molecule has 3 heterocycles. The summed E-state index contributed by atoms with van der Waals surface area (Å²) in [6.07, 6.45) is -7.74. The van der Waals surface area contributed by atoms with E-state index in [1.807, 2.05) is 0 Å². The van der Waals surface area contributed by atoms with Crippen LogP contribution in [0.5, 0.6) is 0 Å². The van der Waals surface area contributed by atoms with E-state index in [4.69, 9.17) is 19.8 Å². The van der Waals surface area contributed by atoms with Gasteiger partial charge in [0.25, 0.3) is 0 Å². The number of piperazine rings is 1. The first-order chi connectivity index (χ1) is 17.5. The van der Waals surface area contributed by atoms with Gasteiger partial charge in [-0.25, -0.2) is 9.59 Å². The van der Waals surface area contributed by atoms with Crippen molar-refractivity contribution >= 4 is 22.8 Å². The lowest BCUT2D eigenvalue weighted by Crippen LogP contribution is -2.51. The molecule has 214 valence electrons. The average molecular weight is 555 g/mol. The lowest BCUT2D eigenvalue weighted by Gasteiger charge is -2.39. The number of benzene rings is 1. The fourth-order valence-corrected chi connectivity index (χ4v) is 4.32. The van der Waals surface area contributed by atoms with Gasteiger partial charge >= 0.3 is 24.3 Å². The smallest absolute Gasteiger partial charge is 0.475 e. The van der Waals surface area contributed by atoms with Gasteiger partial charge < -0.3 is 25.0 Å². The summed E-state index contributed by atoms with van der Waals surface area (Å²) in [5, 5.41) is 15.7. The minimum absolute atomic E-state index is 0.704. The molecule has 0 saturated carbocycles. The second-order valence-electron chi connectivity index (χ2n) is 9.45. The Balaban J connectivity index is 0.000000301. The van der Waals surface area contributed by atoms with Crippen molar-refractivity contribution < 1.29 is 46.1 Å². The zero-order valence-electron chi connectivity index (χ0n) is 21.3. The summed E-state index contributed by atoms with van der Waals surface area (Å²) in [4.78, 5) is 29.1. The molecule has 3 N–H and O–H groups in total. The van der Waals surface area contributed by atoms with Crippen molar-refractivity contribution in [2.45, 2.75) is 44.7 Å². The van der Waals surface area contributed by atoms with E-state index in [-0.39, 0.29) is 0 Å². The first kappa shape index (κ1) is 31.4. The fraction of sp³-hybridized carbons (Fsp3) is 0.583. The third kappa shape index (κ3) is 9.17. The third-order valence-corrected chi connectivity index (χ3v) is 6.45. The van der Waals surface area contributed by atoms with Crippen molar-refractivity contribution in [2.75, 3.05) is 46.8 Å². The maximum Gasteiger partial charge on any atom is 0.490 e. The van der Waals surface area contributed by atoms with Crippen LogP contribution in [0.1, 0.15) is 23.2 Å². The van der Waals surface area contributed by atoms with Crippen LogP contribution in [-0.4, -0.2) is 107 Å². The number of aromatic amines is 1. The molecule has 1 fully saturated rings. The number of nitrogens with one attached hydrogen (secondary N) is 1. The molecule has 38 heavy (non-hydrogen) atoms. The molecule has 1 saturated heterocycles. The van der Waals surface area contributed by atoms with Crippen molar-refractivity contribution in [1.82, 2.24) is 19.7 Å². The fourth-order valence-electron chi connectivity index (χ4n) is 4.32. The van der Waals surface area contributed by atoms with Crippen LogP contribution in [0.15, 0.2) is 18.2 Å². The number of carbonyl (C=O) groups is 2. The van der Waals surface area contributed by atoms with E-state index < -0.39 is 24.3 Å². The van der Waals surface area contributed by atoms with E-state index in [0.29, 0.717) is 6.04 Å². The summed E-state index contributed by atoms with van der Waals surface area (Å²) in [6.45, 7) is 9.30. The molecule has 8 nitrogen and oxygen atoms in total. The molecule has 0 amide bonds. The van der Waals surface area contributed by atoms with Crippen LogP contribution in [-0.2, 0) is 22.6 Å². The molecule has 2 aromatic rings. The van der Waals surface area contributed by atoms with Gasteiger partial charge in [0.2, 0.25) is 0 Å². The van der Waals surface area contributed by atoms with Crippen LogP contribution >= 0.6 is 0 Å². The van der Waals surface area contributed by atoms with E-state index in [1.54, 1.807) is 0 Å². The third-order valence-electron chi connectivity index (χ3n) is 6.45. The van der Waals surface area contributed by atoms with Gasteiger partial charge in [-0.15, -0.1) is 0 Å². The number of halogens is 6. The van der Waals surface area contributed by atoms with Gasteiger partial charge in [-0.05, 0) is 45.1 Å². The number of fused-ring (bicyclic) bond motifs is 3. The van der Waals surface area contributed by atoms with Crippen molar-refractivity contribution in [3.05, 3.63) is 35.0 Å². The zero-order chi connectivity index (χ0) is 28.8. The van der Waals surface area contributed by atoms with Gasteiger partial charge in [-0.1, -0.05) is 11.6 Å². The molecule has 1 aromatic carbocycles. The highest BCUT2D eigenvalue weighted by molar-refractivity contribution is 5.85. The summed E-state index contributed by atoms with van der Waals surface area (Å²) in [7, 11) is 4.54. The van der Waals surface area contributed by atoms with Gasteiger partial charge in [0.05, 0.1) is 0 Å². The first-order valence-corrected chi connectivity index (χ1v) is 11.8. The quantitative estimate of drug-likeness (QED) is 0.498. The minimum atomic E-state index is -5.08. The molecule has 0 bridgehead atoms. The average Bonchev–Trinajstić information content (AvgIpc) is 3.16. The second-order valence-corrected chi connectivity index (χ2v) is 9.45. The number of alkyl halides is 6. The van der Waals surface area contributed by atoms with Gasteiger partial charge in [-0.2, -0.15) is 26.3 Å². The highest BCUT2D eigenvalue weighted by Crippen LogP contribution is 2.28. The number of nitrogens with zero attached hydrogens (tertiary/aromatic N) is 3. The molecule has 0 radical (unpaired) electrons. The number of hydrogen-bond acceptors (Lipinski definition) is 5. The Morgan fingerprint density at radius 2 is 1.58 bits per heavy atom. The maximum absolute atomic E-state index is 10.6. The molecule has 1 aromatic heterocycles. The molecule has 14 heteroatoms. The van der Waals surface area contributed by atoms with Crippen molar-refractivity contribution in [2.24, 2.45) is 0 Å². The largest absolute Gasteiger partial charge is 0.490 e. The molecule has 1 atom stereocenters. The monoisotopic (exact) mass is 554 g/mol. The molecular weight excluding hydrogens is 522 g/mol. The van der Waals surface area contributed by atoms with Crippen LogP contribution in [0.2, 0.25) is 0 Å². The summed E-state index contributed by atoms with van der Waals surface area (Å²) in [5.74, 6) is -5.51. The molecule has 4 rings (SSSR count). The van der Waals surface area contributed by atoms with E-state index >= 15 is 0 Å². The summed E-state index contributed by atoms with van der Waals surface area (Å²) >= 11 is 0. The highest BCUT2D eigenvalue weighted by Gasteiger charge is 2.38. The number of H-pyrrole nitrogens is 1. The van der Waals surface area contributed by atoms with E-state index in [1.165, 1.54) is 66.9 Å². The predicted molar refractivity (Wildman–Crippen MR) is 128 cm³/mol. The topological polar surface area (TPSA) is 100 Å². The number of carboxylic acid groups (broad SMARTS) is 2. The molecule has 0 aliphatic carbocycles. The van der Waals surface area contributed by atoms with Crippen molar-refractivity contribution in [1.29, 1.82) is 0 Å². The molecular formula is C24H32F6N4O4. The Hall–Kier alpha value is -2.84. The van der Waals surface area contributed by atoms with Crippen LogP contribution < -0.4 is 0 Å². The normalized spacial score (nSPS) is 19.1. The standard InChI is InChI=1S/C20H30N4.2C2HF3O2/c1-15-4-5-19-17(12-15)18-14-24(9-7-20(18)21-19)8-6-16-13-22(2)10-11-23(16)3;2*3-2(4,5)1(6)7/h4-5,12,16,21H,6-11,13-14H2,1-3H3;2*(H,6,7). The summed E-state index contributed by atoms with van der Waals surface area (Å²) in [6, 6.07) is 7.49. The van der Waals surface area contributed by atoms with Crippen LogP contribution in [0.4, 0.5) is 26.3 Å². The number of carboxylic acids is 2. The molecule has 2 aliphatic heterocycles. The van der Waals surface area contributed by atoms with E-state index in [2.05, 4.69) is 58.9 Å². The Morgan fingerprint density at radius 3 is 2.13 bits per heavy atom. The van der Waals surface area contributed by atoms with Gasteiger partial charge in [-0.3, -0.25) is 4.90 Å². The summed E-state index contributed by atoms with van der Waals surface area (Å²) in [5.41, 5.74) is 5.66. The highest BCUT2D eigenvalue weighted by atomic mass is 19.4. The lowest BCUT2D eigenvalue weighted by atomic mass is 10.0. The Morgan fingerprint density at radius 1 is 1.00 bits per heavy atom. The van der Waals surface area contributed by atoms with Crippen LogP contribution in [0.25, 0.3) is 10.9 Å². The van der Waals surface area contributed by atoms with Gasteiger partial charge in [0.1, 0.15) is 0 Å². The lowest BCUT2D eigenvalue weighted by molar-refractivity contribution is -0.193. The Bertz CT molecular complexity index is 1080. The van der Waals surface area contributed by atoms with E-state index in [0.717, 1.165) is 13.0 Å².